The van der Waals surface area contributed by atoms with Crippen molar-refractivity contribution >= 4 is 53.4 Å². The Morgan fingerprint density at radius 2 is 1.87 bits per heavy atom. The highest BCUT2D eigenvalue weighted by Gasteiger charge is 2.23. The van der Waals surface area contributed by atoms with Gasteiger partial charge in [0.1, 0.15) is 6.34 Å². The first kappa shape index (κ1) is 11.9. The van der Waals surface area contributed by atoms with Gasteiger partial charge in [-0.15, -0.1) is 5.10 Å². The Hall–Kier alpha value is -1.19. The maximum Gasteiger partial charge on any atom is 0.319 e. The van der Waals surface area contributed by atoms with E-state index in [4.69, 9.17) is 8.42 Å². The van der Waals surface area contributed by atoms with Crippen LogP contribution in [0.25, 0.3) is 0 Å². The molecule has 2 rings (SSSR count). The number of carbonyl (C=O) groups is 1. The Kier molecular flexibility index (Phi) is 3.61. The van der Waals surface area contributed by atoms with E-state index in [1.807, 2.05) is 0 Å². The van der Waals surface area contributed by atoms with Crippen molar-refractivity contribution in [3.8, 4) is 0 Å². The van der Waals surface area contributed by atoms with Crippen LogP contribution >= 0.6 is 21.4 Å². The monoisotopic (exact) mass is 269 g/mol. The van der Waals surface area contributed by atoms with E-state index in [1.54, 1.807) is 0 Å². The third-order valence-electron chi connectivity index (χ3n) is 1.06. The molecular weight excluding hydrogens is 269 g/mol. The molecule has 2 aliphatic heterocycles. The molecule has 0 fully saturated rings. The topological polar surface area (TPSA) is 113 Å². The van der Waals surface area contributed by atoms with Crippen LogP contribution in [-0.2, 0) is 13.1 Å². The Balaban J connectivity index is 0.000000195. The third kappa shape index (κ3) is 4.23. The van der Waals surface area contributed by atoms with E-state index in [0.717, 1.165) is 0 Å². The van der Waals surface area contributed by atoms with Crippen molar-refractivity contribution in [2.45, 2.75) is 0 Å². The maximum absolute atomic E-state index is 10.7. The molecule has 15 heavy (non-hydrogen) atoms. The molecule has 0 aliphatic carbocycles. The van der Waals surface area contributed by atoms with Crippen LogP contribution in [0.5, 0.6) is 0 Å². The lowest BCUT2D eigenvalue weighted by atomic mass is 10.3. The van der Waals surface area contributed by atoms with Gasteiger partial charge in [-0.05, 0) is 5.22 Å². The summed E-state index contributed by atoms with van der Waals surface area (Å²) in [6.45, 7) is 0. The molecule has 0 N–H and O–H groups in total. The molecule has 0 saturated heterocycles. The summed E-state index contributed by atoms with van der Waals surface area (Å²) in [5.74, 6) is -0.234. The predicted molar refractivity (Wildman–Crippen MR) is 53.9 cm³/mol. The molecule has 1 amide bonds. The van der Waals surface area contributed by atoms with Gasteiger partial charge in [-0.3, -0.25) is 4.79 Å². The highest BCUT2D eigenvalue weighted by atomic mass is 36.0. The van der Waals surface area contributed by atoms with Gasteiger partial charge in [-0.1, -0.05) is 5.11 Å². The summed E-state index contributed by atoms with van der Waals surface area (Å²) in [6.07, 6.45) is 1.25. The van der Waals surface area contributed by atoms with Crippen molar-refractivity contribution < 1.29 is 13.2 Å². The second-order valence-electron chi connectivity index (χ2n) is 2.02. The summed E-state index contributed by atoms with van der Waals surface area (Å²) >= 11 is 0. The van der Waals surface area contributed by atoms with Gasteiger partial charge in [0, 0.05) is 21.4 Å². The SMILES string of the molecule is O=C1N=NN=C2N=CN=C12.O=S(=O)(Cl)Cl. The van der Waals surface area contributed by atoms with Crippen molar-refractivity contribution in [2.75, 3.05) is 0 Å². The van der Waals surface area contributed by atoms with Gasteiger partial charge >= 0.3 is 14.2 Å². The maximum atomic E-state index is 10.7. The van der Waals surface area contributed by atoms with Crippen molar-refractivity contribution in [3.05, 3.63) is 0 Å². The second-order valence-corrected chi connectivity index (χ2v) is 5.69. The number of hydrogen-bond donors (Lipinski definition) is 0. The van der Waals surface area contributed by atoms with Crippen molar-refractivity contribution in [1.82, 2.24) is 0 Å². The first-order valence-electron chi connectivity index (χ1n) is 3.16. The van der Waals surface area contributed by atoms with Gasteiger partial charge < -0.3 is 0 Å². The minimum atomic E-state index is -3.72. The number of amides is 1. The molecule has 0 unspecified atom stereocenters. The first-order valence-corrected chi connectivity index (χ1v) is 6.29. The van der Waals surface area contributed by atoms with E-state index in [-0.39, 0.29) is 11.5 Å². The van der Waals surface area contributed by atoms with Crippen molar-refractivity contribution in [3.63, 3.8) is 0 Å². The fourth-order valence-corrected chi connectivity index (χ4v) is 0.637. The number of amidine groups is 1. The van der Waals surface area contributed by atoms with Crippen LogP contribution in [0.15, 0.2) is 25.4 Å². The number of fused-ring (bicyclic) bond motifs is 1. The number of halogens is 2. The smallest absolute Gasteiger partial charge is 0.263 e. The van der Waals surface area contributed by atoms with Crippen LogP contribution in [0.4, 0.5) is 0 Å². The molecule has 80 valence electrons. The molecule has 0 saturated carbocycles. The lowest BCUT2D eigenvalue weighted by Gasteiger charge is -1.94. The van der Waals surface area contributed by atoms with Gasteiger partial charge in [0.05, 0.1) is 0 Å². The summed E-state index contributed by atoms with van der Waals surface area (Å²) in [6, 6.07) is 0. The summed E-state index contributed by atoms with van der Waals surface area (Å²) in [7, 11) is 4.81. The van der Waals surface area contributed by atoms with E-state index in [2.05, 4.69) is 46.8 Å². The van der Waals surface area contributed by atoms with Gasteiger partial charge in [-0.2, -0.15) is 8.42 Å². The molecular formula is C4HCl2N5O3S. The van der Waals surface area contributed by atoms with E-state index >= 15 is 0 Å². The standard InChI is InChI=1S/C4HN5O.Cl2O2S/c10-4-2-3(6-1-5-2)7-9-8-4;1-5(2,3)4/h1H;. The minimum absolute atomic E-state index is 0.176. The summed E-state index contributed by atoms with van der Waals surface area (Å²) < 4.78 is 18.3. The number of hydrogen-bond acceptors (Lipinski definition) is 7. The van der Waals surface area contributed by atoms with Crippen LogP contribution in [0.3, 0.4) is 0 Å². The quantitative estimate of drug-likeness (QED) is 0.596. The van der Waals surface area contributed by atoms with Gasteiger partial charge in [0.2, 0.25) is 5.84 Å². The first-order chi connectivity index (χ1) is 6.88. The van der Waals surface area contributed by atoms with Crippen molar-refractivity contribution in [1.29, 1.82) is 0 Å². The average Bonchev–Trinajstić information content (AvgIpc) is 2.49. The molecule has 0 aromatic carbocycles. The molecule has 0 atom stereocenters. The van der Waals surface area contributed by atoms with Crippen LogP contribution in [0, 0.1) is 0 Å². The zero-order valence-electron chi connectivity index (χ0n) is 6.70. The largest absolute Gasteiger partial charge is 0.319 e. The lowest BCUT2D eigenvalue weighted by Crippen LogP contribution is -2.20. The number of carbonyl (C=O) groups excluding carboxylic acids is 1. The Bertz CT molecular complexity index is 490. The molecule has 0 bridgehead atoms. The molecule has 0 aromatic rings. The van der Waals surface area contributed by atoms with E-state index in [0.29, 0.717) is 0 Å². The second kappa shape index (κ2) is 4.55. The van der Waals surface area contributed by atoms with Crippen LogP contribution < -0.4 is 0 Å². The number of rotatable bonds is 0. The zero-order chi connectivity index (χ0) is 11.5. The summed E-state index contributed by atoms with van der Waals surface area (Å²) in [5.41, 5.74) is 0.176. The molecule has 2 aliphatic rings. The molecule has 0 spiro atoms. The minimum Gasteiger partial charge on any atom is -0.263 e. The Morgan fingerprint density at radius 1 is 1.27 bits per heavy atom. The fourth-order valence-electron chi connectivity index (χ4n) is 0.637. The Morgan fingerprint density at radius 3 is 2.40 bits per heavy atom. The van der Waals surface area contributed by atoms with E-state index in [1.165, 1.54) is 6.34 Å². The molecule has 11 heteroatoms. The highest BCUT2D eigenvalue weighted by molar-refractivity contribution is 8.31. The van der Waals surface area contributed by atoms with E-state index in [9.17, 15) is 4.79 Å². The molecule has 8 nitrogen and oxygen atoms in total. The number of aliphatic imine (C=N–C) groups is 2. The highest BCUT2D eigenvalue weighted by Crippen LogP contribution is 2.03. The summed E-state index contributed by atoms with van der Waals surface area (Å²) in [4.78, 5) is 18.0. The predicted octanol–water partition coefficient (Wildman–Crippen LogP) is 0.484. The van der Waals surface area contributed by atoms with Crippen LogP contribution in [-0.4, -0.2) is 32.2 Å². The number of nitrogens with zero attached hydrogens (tertiary/aromatic N) is 5. The zero-order valence-corrected chi connectivity index (χ0v) is 9.03. The van der Waals surface area contributed by atoms with E-state index < -0.39 is 14.2 Å². The fraction of sp³-hybridized carbons (Fsp3) is 0. The summed E-state index contributed by atoms with van der Waals surface area (Å²) in [5, 5.41) is 9.80. The molecule has 0 radical (unpaired) electrons. The van der Waals surface area contributed by atoms with Gasteiger partial charge in [0.25, 0.3) is 0 Å². The lowest BCUT2D eigenvalue weighted by molar-refractivity contribution is -0.112. The Labute approximate surface area is 92.3 Å². The average molecular weight is 270 g/mol. The molecule has 0 aromatic heterocycles. The van der Waals surface area contributed by atoms with Crippen LogP contribution in [0.1, 0.15) is 0 Å². The third-order valence-corrected chi connectivity index (χ3v) is 1.06. The van der Waals surface area contributed by atoms with Gasteiger partial charge in [0.15, 0.2) is 5.71 Å². The normalized spacial score (nSPS) is 17.6. The van der Waals surface area contributed by atoms with Crippen molar-refractivity contribution in [2.24, 2.45) is 25.4 Å². The molecule has 2 heterocycles. The van der Waals surface area contributed by atoms with Gasteiger partial charge in [-0.25, -0.2) is 9.98 Å². The van der Waals surface area contributed by atoms with Crippen LogP contribution in [0.2, 0.25) is 0 Å².